The highest BCUT2D eigenvalue weighted by Crippen LogP contribution is 2.41. The van der Waals surface area contributed by atoms with Gasteiger partial charge in [0.15, 0.2) is 17.4 Å². The normalized spacial score (nSPS) is 12.6. The highest BCUT2D eigenvalue weighted by molar-refractivity contribution is 9.10. The number of carbonyl (C=O) groups is 1. The zero-order valence-corrected chi connectivity index (χ0v) is 18.2. The molecule has 0 radical (unpaired) electrons. The number of para-hydroxylation sites is 1. The molecule has 0 atom stereocenters. The molecule has 160 valence electrons. The van der Waals surface area contributed by atoms with E-state index < -0.39 is 29.0 Å². The van der Waals surface area contributed by atoms with E-state index in [4.69, 9.17) is 5.73 Å². The van der Waals surface area contributed by atoms with Crippen molar-refractivity contribution in [3.63, 3.8) is 0 Å². The van der Waals surface area contributed by atoms with Gasteiger partial charge in [0, 0.05) is 18.6 Å². The maximum absolute atomic E-state index is 13.3. The summed E-state index contributed by atoms with van der Waals surface area (Å²) in [6.45, 7) is 0. The summed E-state index contributed by atoms with van der Waals surface area (Å²) in [7, 11) is 2.53. The summed E-state index contributed by atoms with van der Waals surface area (Å²) in [5, 5.41) is 10.4. The second-order valence-electron chi connectivity index (χ2n) is 6.07. The van der Waals surface area contributed by atoms with Gasteiger partial charge in [0.1, 0.15) is 5.69 Å². The van der Waals surface area contributed by atoms with Crippen molar-refractivity contribution in [3.05, 3.63) is 52.0 Å². The Kier molecular flexibility index (Phi) is 7.37. The standard InChI is InChI=1S/C18H17BrF3N5O2S/c1-27(2)17(29)13-9(18(20,21)22)7-8-12(14(13)28)24-15(23)16(26-30)25-11-6-4-3-5-10(11)19/h3-8,28,30H,1-2H3,(H2,23,24)(H,25,26). The van der Waals surface area contributed by atoms with Crippen LogP contribution in [0.4, 0.5) is 24.5 Å². The summed E-state index contributed by atoms with van der Waals surface area (Å²) in [6.07, 6.45) is -4.86. The average Bonchev–Trinajstić information content (AvgIpc) is 2.67. The van der Waals surface area contributed by atoms with E-state index in [-0.39, 0.29) is 17.4 Å². The number of benzene rings is 2. The molecule has 0 unspecified atom stereocenters. The van der Waals surface area contributed by atoms with Crippen LogP contribution in [0.2, 0.25) is 0 Å². The van der Waals surface area contributed by atoms with Crippen LogP contribution in [0.15, 0.2) is 50.9 Å². The number of amidine groups is 2. The lowest BCUT2D eigenvalue weighted by atomic mass is 10.0. The molecule has 0 aliphatic heterocycles. The number of alkyl halides is 3. The van der Waals surface area contributed by atoms with Crippen LogP contribution in [0.5, 0.6) is 5.75 Å². The molecule has 0 heterocycles. The molecule has 30 heavy (non-hydrogen) atoms. The molecule has 7 nitrogen and oxygen atoms in total. The lowest BCUT2D eigenvalue weighted by Gasteiger charge is -2.18. The Morgan fingerprint density at radius 3 is 2.33 bits per heavy atom. The van der Waals surface area contributed by atoms with Crippen molar-refractivity contribution in [3.8, 4) is 5.75 Å². The predicted octanol–water partition coefficient (Wildman–Crippen LogP) is 4.03. The van der Waals surface area contributed by atoms with E-state index >= 15 is 0 Å². The number of hydrogen-bond donors (Lipinski definition) is 4. The smallest absolute Gasteiger partial charge is 0.417 e. The zero-order valence-electron chi connectivity index (χ0n) is 15.7. The molecular weight excluding hydrogens is 487 g/mol. The number of thiol groups is 1. The molecular formula is C18H17BrF3N5O2S. The fourth-order valence-corrected chi connectivity index (χ4v) is 2.87. The number of carbonyl (C=O) groups excluding carboxylic acids is 1. The number of hydrogen-bond acceptors (Lipinski definition) is 5. The molecule has 2 aromatic rings. The Bertz CT molecular complexity index is 1030. The molecule has 1 amide bonds. The number of aromatic hydroxyl groups is 1. The lowest BCUT2D eigenvalue weighted by molar-refractivity contribution is -0.138. The largest absolute Gasteiger partial charge is 0.505 e. The summed E-state index contributed by atoms with van der Waals surface area (Å²) >= 11 is 7.23. The van der Waals surface area contributed by atoms with Gasteiger partial charge in [-0.2, -0.15) is 13.2 Å². The number of nitrogens with two attached hydrogens (primary N) is 1. The number of phenols is 1. The number of nitrogens with one attached hydrogen (secondary N) is 1. The van der Waals surface area contributed by atoms with Gasteiger partial charge in [-0.3, -0.25) is 4.79 Å². The minimum atomic E-state index is -4.86. The summed E-state index contributed by atoms with van der Waals surface area (Å²) in [5.41, 5.74) is 3.83. The van der Waals surface area contributed by atoms with Crippen molar-refractivity contribution in [2.45, 2.75) is 6.18 Å². The summed E-state index contributed by atoms with van der Waals surface area (Å²) in [5.74, 6) is -2.29. The van der Waals surface area contributed by atoms with Crippen LogP contribution in [-0.2, 0) is 6.18 Å². The number of aliphatic imine (C=N–C) groups is 2. The quantitative estimate of drug-likeness (QED) is 0.288. The lowest BCUT2D eigenvalue weighted by Crippen LogP contribution is -2.31. The number of phenolic OH excluding ortho intramolecular Hbond substituents is 1. The highest BCUT2D eigenvalue weighted by atomic mass is 79.9. The molecule has 0 aliphatic carbocycles. The van der Waals surface area contributed by atoms with E-state index in [1.807, 2.05) is 0 Å². The maximum Gasteiger partial charge on any atom is 0.417 e. The highest BCUT2D eigenvalue weighted by Gasteiger charge is 2.38. The molecule has 12 heteroatoms. The monoisotopic (exact) mass is 503 g/mol. The van der Waals surface area contributed by atoms with E-state index in [2.05, 4.69) is 43.5 Å². The van der Waals surface area contributed by atoms with E-state index in [9.17, 15) is 23.1 Å². The molecule has 0 aromatic heterocycles. The van der Waals surface area contributed by atoms with Gasteiger partial charge in [-0.15, -0.1) is 0 Å². The van der Waals surface area contributed by atoms with Gasteiger partial charge < -0.3 is 20.5 Å². The first-order valence-electron chi connectivity index (χ1n) is 8.20. The first kappa shape index (κ1) is 23.5. The van der Waals surface area contributed by atoms with Crippen molar-refractivity contribution in [2.24, 2.45) is 15.7 Å². The molecule has 0 saturated carbocycles. The second kappa shape index (κ2) is 9.39. The fourth-order valence-electron chi connectivity index (χ4n) is 2.33. The number of nitrogens with zero attached hydrogens (tertiary/aromatic N) is 3. The Balaban J connectivity index is 2.60. The Morgan fingerprint density at radius 1 is 1.17 bits per heavy atom. The van der Waals surface area contributed by atoms with Gasteiger partial charge in [-0.25, -0.2) is 9.98 Å². The van der Waals surface area contributed by atoms with E-state index in [1.165, 1.54) is 14.1 Å². The third-order valence-electron chi connectivity index (χ3n) is 3.76. The third-order valence-corrected chi connectivity index (χ3v) is 4.64. The van der Waals surface area contributed by atoms with Crippen LogP contribution in [0.3, 0.4) is 0 Å². The minimum Gasteiger partial charge on any atom is -0.505 e. The van der Waals surface area contributed by atoms with Gasteiger partial charge >= 0.3 is 6.18 Å². The van der Waals surface area contributed by atoms with Crippen molar-refractivity contribution in [1.29, 1.82) is 0 Å². The van der Waals surface area contributed by atoms with Crippen molar-refractivity contribution < 1.29 is 23.1 Å². The topological polar surface area (TPSA) is 103 Å². The molecule has 0 aliphatic rings. The minimum absolute atomic E-state index is 0.0231. The second-order valence-corrected chi connectivity index (χ2v) is 7.15. The predicted molar refractivity (Wildman–Crippen MR) is 116 cm³/mol. The Morgan fingerprint density at radius 2 is 1.80 bits per heavy atom. The van der Waals surface area contributed by atoms with Crippen LogP contribution in [0.1, 0.15) is 15.9 Å². The molecule has 2 aromatic carbocycles. The first-order chi connectivity index (χ1) is 14.0. The van der Waals surface area contributed by atoms with Crippen LogP contribution in [-0.4, -0.2) is 41.7 Å². The maximum atomic E-state index is 13.3. The van der Waals surface area contributed by atoms with E-state index in [0.29, 0.717) is 16.2 Å². The summed E-state index contributed by atoms with van der Waals surface area (Å²) in [4.78, 5) is 21.3. The van der Waals surface area contributed by atoms with Gasteiger partial charge in [-0.1, -0.05) is 24.9 Å². The SMILES string of the molecule is CN(C)C(=O)c1c(C(F)(F)F)ccc(N=C(N)C(=Nc2ccccc2Br)NS)c1O. The number of halogens is 4. The average molecular weight is 504 g/mol. The third kappa shape index (κ3) is 5.25. The van der Waals surface area contributed by atoms with Crippen LogP contribution in [0.25, 0.3) is 0 Å². The van der Waals surface area contributed by atoms with Crippen LogP contribution in [0, 0.1) is 0 Å². The molecule has 0 saturated heterocycles. The number of rotatable bonds is 3. The van der Waals surface area contributed by atoms with Gasteiger partial charge in [0.25, 0.3) is 5.91 Å². The van der Waals surface area contributed by atoms with Crippen LogP contribution < -0.4 is 10.5 Å². The first-order valence-corrected chi connectivity index (χ1v) is 9.44. The fraction of sp³-hybridized carbons (Fsp3) is 0.167. The van der Waals surface area contributed by atoms with E-state index in [0.717, 1.165) is 11.0 Å². The van der Waals surface area contributed by atoms with Crippen molar-refractivity contribution >= 4 is 57.7 Å². The molecule has 0 bridgehead atoms. The van der Waals surface area contributed by atoms with Gasteiger partial charge in [0.2, 0.25) is 0 Å². The summed E-state index contributed by atoms with van der Waals surface area (Å²) in [6, 6.07) is 8.48. The van der Waals surface area contributed by atoms with Gasteiger partial charge in [0.05, 0.1) is 16.8 Å². The van der Waals surface area contributed by atoms with Crippen LogP contribution >= 0.6 is 28.7 Å². The summed E-state index contributed by atoms with van der Waals surface area (Å²) < 4.78 is 43.1. The van der Waals surface area contributed by atoms with Crippen molar-refractivity contribution in [2.75, 3.05) is 14.1 Å². The molecule has 0 fully saturated rings. The van der Waals surface area contributed by atoms with Crippen molar-refractivity contribution in [1.82, 2.24) is 9.62 Å². The molecule has 4 N–H and O–H groups in total. The van der Waals surface area contributed by atoms with E-state index in [1.54, 1.807) is 24.3 Å². The Hall–Kier alpha value is -2.73. The van der Waals surface area contributed by atoms with Gasteiger partial charge in [-0.05, 0) is 40.2 Å². The number of amides is 1. The molecule has 0 spiro atoms. The zero-order chi connectivity index (χ0) is 22.6. The molecule has 2 rings (SSSR count). The Labute approximate surface area is 184 Å².